The second-order valence-electron chi connectivity index (χ2n) is 19.6. The fourth-order valence-corrected chi connectivity index (χ4v) is 6.88. The summed E-state index contributed by atoms with van der Waals surface area (Å²) in [6, 6.07) is 15.2. The lowest BCUT2D eigenvalue weighted by molar-refractivity contribution is 0.522. The summed E-state index contributed by atoms with van der Waals surface area (Å²) in [7, 11) is 0. The maximum absolute atomic E-state index is 4.84. The molecule has 0 saturated heterocycles. The molecule has 0 saturated carbocycles. The molecule has 0 aromatic carbocycles. The zero-order chi connectivity index (χ0) is 39.0. The molecule has 0 atom stereocenters. The topological polar surface area (TPSA) is 56.5 Å². The maximum Gasteiger partial charge on any atom is 0.108 e. The van der Waals surface area contributed by atoms with Crippen molar-refractivity contribution in [3.8, 4) is 0 Å². The van der Waals surface area contributed by atoms with E-state index in [4.69, 9.17) is 9.97 Å². The molecule has 5 heteroatoms. The first-order valence-electron chi connectivity index (χ1n) is 20.8. The van der Waals surface area contributed by atoms with E-state index in [1.165, 1.54) is 128 Å². The van der Waals surface area contributed by atoms with E-state index in [9.17, 15) is 0 Å². The average Bonchev–Trinajstić information content (AvgIpc) is 3.69. The van der Waals surface area contributed by atoms with E-state index in [-0.39, 0.29) is 21.7 Å². The Morgan fingerprint density at radius 1 is 0.472 bits per heavy atom. The van der Waals surface area contributed by atoms with E-state index in [0.717, 1.165) is 12.8 Å². The van der Waals surface area contributed by atoms with Gasteiger partial charge in [0.15, 0.2) is 0 Å². The van der Waals surface area contributed by atoms with Crippen LogP contribution in [0.4, 0.5) is 0 Å². The number of rotatable bonds is 1. The Labute approximate surface area is 324 Å². The normalized spacial score (nSPS) is 15.6. The van der Waals surface area contributed by atoms with Crippen molar-refractivity contribution in [3.63, 3.8) is 0 Å². The lowest BCUT2D eigenvalue weighted by Crippen LogP contribution is -2.15. The number of nitrogens with zero attached hydrogens (tertiary/aromatic N) is 5. The molecule has 0 spiro atoms. The SMILES string of the molecule is CC(C)(C)c1ccc2c(n1)CCC2.CC(C)(C)c1ccc2c(n1)CCCCC2.CC(C)(C)c1cn2c(n1)CCCC2.CCc1cccc(C(C)(C)C)n1. The summed E-state index contributed by atoms with van der Waals surface area (Å²) in [5.41, 5.74) is 12.5. The van der Waals surface area contributed by atoms with Crippen molar-refractivity contribution < 1.29 is 0 Å². The van der Waals surface area contributed by atoms with E-state index >= 15 is 0 Å². The summed E-state index contributed by atoms with van der Waals surface area (Å²) in [4.78, 5) is 18.8. The molecule has 0 unspecified atom stereocenters. The van der Waals surface area contributed by atoms with Gasteiger partial charge in [0.05, 0.1) is 5.69 Å². The standard InChI is InChI=1S/C14H21N.C12H17N.C11H18N2.C11H17N/c1-14(2,3)13-10-9-11-7-5-4-6-8-12(11)15-13;1-12(2,3)11-8-7-9-5-4-6-10(9)13-11;1-11(2,3)9-8-13-7-5-4-6-10(13)12-9;1-5-9-7-6-8-10(12-9)11(2,3)4/h9-10H,4-8H2,1-3H3;7-8H,4-6H2,1-3H3;8H,4-7H2,1-3H3;6-8H,5H2,1-4H3. The summed E-state index contributed by atoms with van der Waals surface area (Å²) >= 11 is 0. The molecule has 7 rings (SSSR count). The molecule has 5 heterocycles. The highest BCUT2D eigenvalue weighted by Gasteiger charge is 2.22. The van der Waals surface area contributed by atoms with Gasteiger partial charge < -0.3 is 4.57 Å². The van der Waals surface area contributed by atoms with Gasteiger partial charge in [-0.2, -0.15) is 0 Å². The van der Waals surface area contributed by atoms with Crippen LogP contribution in [0.5, 0.6) is 0 Å². The third-order valence-electron chi connectivity index (χ3n) is 10.5. The molecule has 3 aliphatic rings. The third kappa shape index (κ3) is 12.6. The zero-order valence-electron chi connectivity index (χ0n) is 36.0. The summed E-state index contributed by atoms with van der Waals surface area (Å²) in [6.45, 7) is 29.9. The summed E-state index contributed by atoms with van der Waals surface area (Å²) in [6.07, 6.45) is 17.1. The molecule has 4 aromatic heterocycles. The molecule has 0 radical (unpaired) electrons. The number of hydrogen-bond acceptors (Lipinski definition) is 4. The first-order chi connectivity index (χ1) is 24.8. The molecule has 0 amide bonds. The zero-order valence-corrected chi connectivity index (χ0v) is 36.0. The van der Waals surface area contributed by atoms with Crippen LogP contribution in [0.3, 0.4) is 0 Å². The maximum atomic E-state index is 4.84. The fourth-order valence-electron chi connectivity index (χ4n) is 6.88. The third-order valence-corrected chi connectivity index (χ3v) is 10.5. The van der Waals surface area contributed by atoms with Gasteiger partial charge in [0.25, 0.3) is 0 Å². The minimum absolute atomic E-state index is 0.172. The van der Waals surface area contributed by atoms with Gasteiger partial charge in [-0.15, -0.1) is 0 Å². The Hall–Kier alpha value is -3.34. The monoisotopic (exact) mass is 720 g/mol. The molecule has 0 bridgehead atoms. The molecule has 0 fully saturated rings. The quantitative estimate of drug-likeness (QED) is 0.184. The second kappa shape index (κ2) is 17.9. The fraction of sp³-hybridized carbons (Fsp3) is 0.625. The van der Waals surface area contributed by atoms with Crippen molar-refractivity contribution in [1.82, 2.24) is 24.5 Å². The van der Waals surface area contributed by atoms with Crippen LogP contribution in [0.2, 0.25) is 0 Å². The predicted octanol–water partition coefficient (Wildman–Crippen LogP) is 12.0. The second-order valence-corrected chi connectivity index (χ2v) is 19.6. The lowest BCUT2D eigenvalue weighted by Gasteiger charge is -2.19. The Bertz CT molecular complexity index is 1730. The Kier molecular flexibility index (Phi) is 14.3. The van der Waals surface area contributed by atoms with Gasteiger partial charge in [-0.25, -0.2) is 4.98 Å². The molecule has 4 aromatic rings. The number of fused-ring (bicyclic) bond motifs is 3. The molecule has 290 valence electrons. The van der Waals surface area contributed by atoms with Gasteiger partial charge in [-0.05, 0) is 99.6 Å². The van der Waals surface area contributed by atoms with Crippen LogP contribution in [-0.4, -0.2) is 24.5 Å². The average molecular weight is 720 g/mol. The van der Waals surface area contributed by atoms with E-state index in [0.29, 0.717) is 0 Å². The molecular formula is C48H73N5. The van der Waals surface area contributed by atoms with Gasteiger partial charge in [0.1, 0.15) is 5.82 Å². The van der Waals surface area contributed by atoms with Crippen molar-refractivity contribution in [1.29, 1.82) is 0 Å². The van der Waals surface area contributed by atoms with Crippen LogP contribution in [-0.2, 0) is 66.7 Å². The van der Waals surface area contributed by atoms with Crippen molar-refractivity contribution in [3.05, 3.63) is 105 Å². The van der Waals surface area contributed by atoms with Crippen LogP contribution in [0.25, 0.3) is 0 Å². The summed E-state index contributed by atoms with van der Waals surface area (Å²) < 4.78 is 2.32. The molecular weight excluding hydrogens is 647 g/mol. The molecule has 5 nitrogen and oxygen atoms in total. The number of imidazole rings is 1. The molecule has 1 aliphatic heterocycles. The highest BCUT2D eigenvalue weighted by Crippen LogP contribution is 2.27. The highest BCUT2D eigenvalue weighted by atomic mass is 15.1. The first-order valence-corrected chi connectivity index (χ1v) is 20.8. The Morgan fingerprint density at radius 2 is 0.962 bits per heavy atom. The van der Waals surface area contributed by atoms with Crippen molar-refractivity contribution >= 4 is 0 Å². The van der Waals surface area contributed by atoms with Gasteiger partial charge in [0, 0.05) is 75.0 Å². The minimum Gasteiger partial charge on any atom is -0.335 e. The van der Waals surface area contributed by atoms with E-state index in [1.54, 1.807) is 0 Å². The van der Waals surface area contributed by atoms with Crippen LogP contribution >= 0.6 is 0 Å². The Balaban J connectivity index is 0.000000158. The van der Waals surface area contributed by atoms with E-state index < -0.39 is 0 Å². The van der Waals surface area contributed by atoms with E-state index in [2.05, 4.69) is 153 Å². The van der Waals surface area contributed by atoms with Gasteiger partial charge in [-0.3, -0.25) is 15.0 Å². The predicted molar refractivity (Wildman–Crippen MR) is 225 cm³/mol. The lowest BCUT2D eigenvalue weighted by atomic mass is 9.90. The van der Waals surface area contributed by atoms with E-state index in [1.807, 2.05) is 0 Å². The summed E-state index contributed by atoms with van der Waals surface area (Å²) in [5, 5.41) is 0. The van der Waals surface area contributed by atoms with Crippen LogP contribution in [0.15, 0.2) is 48.7 Å². The number of aromatic nitrogens is 5. The highest BCUT2D eigenvalue weighted by molar-refractivity contribution is 5.29. The summed E-state index contributed by atoms with van der Waals surface area (Å²) in [5.74, 6) is 1.29. The first kappa shape index (κ1) is 42.4. The van der Waals surface area contributed by atoms with Gasteiger partial charge >= 0.3 is 0 Å². The minimum atomic E-state index is 0.172. The van der Waals surface area contributed by atoms with Crippen molar-refractivity contribution in [2.75, 3.05) is 0 Å². The van der Waals surface area contributed by atoms with Crippen molar-refractivity contribution in [2.24, 2.45) is 0 Å². The molecule has 0 N–H and O–H groups in total. The van der Waals surface area contributed by atoms with Crippen LogP contribution < -0.4 is 0 Å². The number of pyridine rings is 3. The van der Waals surface area contributed by atoms with Gasteiger partial charge in [-0.1, -0.05) is 115 Å². The number of hydrogen-bond donors (Lipinski definition) is 0. The smallest absolute Gasteiger partial charge is 0.108 e. The Morgan fingerprint density at radius 3 is 1.49 bits per heavy atom. The largest absolute Gasteiger partial charge is 0.335 e. The molecule has 53 heavy (non-hydrogen) atoms. The van der Waals surface area contributed by atoms with Crippen LogP contribution in [0, 0.1) is 0 Å². The van der Waals surface area contributed by atoms with Gasteiger partial charge in [0.2, 0.25) is 0 Å². The molecule has 2 aliphatic carbocycles. The number of aryl methyl sites for hydroxylation is 7. The van der Waals surface area contributed by atoms with Crippen LogP contribution in [0.1, 0.15) is 185 Å². The van der Waals surface area contributed by atoms with Crippen molar-refractivity contribution in [2.45, 2.75) is 195 Å².